The molecule has 1 aromatic carbocycles. The van der Waals surface area contributed by atoms with E-state index >= 15 is 0 Å². The van der Waals surface area contributed by atoms with E-state index in [-0.39, 0.29) is 0 Å². The van der Waals surface area contributed by atoms with Gasteiger partial charge in [0.2, 0.25) is 0 Å². The second-order valence-electron chi connectivity index (χ2n) is 4.75. The molecule has 2 nitrogen and oxygen atoms in total. The summed E-state index contributed by atoms with van der Waals surface area (Å²) in [6, 6.07) is 7.72. The Morgan fingerprint density at radius 3 is 2.20 bits per heavy atom. The normalized spacial score (nSPS) is 17.3. The quantitative estimate of drug-likeness (QED) is 0.824. The van der Waals surface area contributed by atoms with Gasteiger partial charge in [0.25, 0.3) is 0 Å². The van der Waals surface area contributed by atoms with Crippen molar-refractivity contribution < 1.29 is 9.84 Å². The summed E-state index contributed by atoms with van der Waals surface area (Å²) in [5.41, 5.74) is 0.151. The molecule has 15 heavy (non-hydrogen) atoms. The van der Waals surface area contributed by atoms with Gasteiger partial charge < -0.3 is 9.84 Å². The molecule has 0 bridgehead atoms. The van der Waals surface area contributed by atoms with Crippen molar-refractivity contribution in [2.75, 3.05) is 0 Å². The lowest BCUT2D eigenvalue weighted by Gasteiger charge is -2.26. The average molecular weight is 206 g/mol. The summed E-state index contributed by atoms with van der Waals surface area (Å²) in [5, 5.41) is 9.78. The molecule has 1 saturated carbocycles. The minimum atomic E-state index is -0.769. The van der Waals surface area contributed by atoms with Crippen LogP contribution in [0.15, 0.2) is 24.3 Å². The van der Waals surface area contributed by atoms with Crippen LogP contribution in [0.1, 0.15) is 38.7 Å². The molecule has 2 rings (SSSR count). The first-order chi connectivity index (χ1) is 7.05. The third-order valence-corrected chi connectivity index (χ3v) is 2.92. The van der Waals surface area contributed by atoms with Gasteiger partial charge in [-0.3, -0.25) is 0 Å². The Kier molecular flexibility index (Phi) is 2.70. The van der Waals surface area contributed by atoms with E-state index in [0.717, 1.165) is 11.3 Å². The highest BCUT2D eigenvalue weighted by Gasteiger charge is 2.20. The van der Waals surface area contributed by atoms with Crippen molar-refractivity contribution in [3.8, 4) is 5.75 Å². The summed E-state index contributed by atoms with van der Waals surface area (Å²) >= 11 is 0. The molecular weight excluding hydrogens is 188 g/mol. The van der Waals surface area contributed by atoms with Gasteiger partial charge in [-0.25, -0.2) is 0 Å². The van der Waals surface area contributed by atoms with Gasteiger partial charge in [0.05, 0.1) is 11.7 Å². The van der Waals surface area contributed by atoms with E-state index in [4.69, 9.17) is 4.74 Å². The van der Waals surface area contributed by atoms with Gasteiger partial charge in [-0.2, -0.15) is 0 Å². The van der Waals surface area contributed by atoms with E-state index in [0.29, 0.717) is 6.10 Å². The Hall–Kier alpha value is -1.02. The first-order valence-corrected chi connectivity index (χ1v) is 5.55. The lowest BCUT2D eigenvalue weighted by Crippen LogP contribution is -2.24. The Morgan fingerprint density at radius 2 is 1.80 bits per heavy atom. The highest BCUT2D eigenvalue weighted by Crippen LogP contribution is 2.27. The second kappa shape index (κ2) is 3.86. The minimum Gasteiger partial charge on any atom is -0.490 e. The maximum absolute atomic E-state index is 9.78. The summed E-state index contributed by atoms with van der Waals surface area (Å²) in [6.07, 6.45) is 4.05. The van der Waals surface area contributed by atoms with E-state index < -0.39 is 5.60 Å². The van der Waals surface area contributed by atoms with Crippen LogP contribution in [-0.4, -0.2) is 11.2 Å². The highest BCUT2D eigenvalue weighted by molar-refractivity contribution is 5.30. The fourth-order valence-electron chi connectivity index (χ4n) is 1.62. The van der Waals surface area contributed by atoms with E-state index in [1.165, 1.54) is 19.3 Å². The molecule has 0 atom stereocenters. The first-order valence-electron chi connectivity index (χ1n) is 5.55. The second-order valence-corrected chi connectivity index (χ2v) is 4.75. The molecule has 1 aromatic rings. The molecule has 0 heterocycles. The molecule has 1 N–H and O–H groups in total. The van der Waals surface area contributed by atoms with Gasteiger partial charge in [-0.15, -0.1) is 0 Å². The zero-order valence-corrected chi connectivity index (χ0v) is 9.36. The van der Waals surface area contributed by atoms with E-state index in [2.05, 4.69) is 0 Å². The molecule has 0 aromatic heterocycles. The van der Waals surface area contributed by atoms with Crippen LogP contribution in [0.2, 0.25) is 0 Å². The van der Waals surface area contributed by atoms with E-state index in [9.17, 15) is 5.11 Å². The topological polar surface area (TPSA) is 29.5 Å². The number of benzene rings is 1. The molecule has 0 spiro atoms. The van der Waals surface area contributed by atoms with E-state index in [1.807, 2.05) is 24.3 Å². The van der Waals surface area contributed by atoms with Gasteiger partial charge in [-0.05, 0) is 50.8 Å². The number of ether oxygens (including phenoxy) is 1. The number of aliphatic hydroxyl groups is 1. The molecule has 2 heteroatoms. The Morgan fingerprint density at radius 1 is 1.20 bits per heavy atom. The van der Waals surface area contributed by atoms with Gasteiger partial charge in [0.15, 0.2) is 0 Å². The van der Waals surface area contributed by atoms with Crippen LogP contribution in [0, 0.1) is 0 Å². The predicted octanol–water partition coefficient (Wildman–Crippen LogP) is 2.85. The molecule has 0 aliphatic heterocycles. The Labute approximate surface area is 90.9 Å². The summed E-state index contributed by atoms with van der Waals surface area (Å²) in [4.78, 5) is 0. The number of hydrogen-bond donors (Lipinski definition) is 1. The monoisotopic (exact) mass is 206 g/mol. The lowest BCUT2D eigenvalue weighted by atomic mass is 9.96. The third kappa shape index (κ3) is 2.51. The summed E-state index contributed by atoms with van der Waals surface area (Å²) in [5.74, 6) is 0.910. The van der Waals surface area contributed by atoms with Crippen LogP contribution < -0.4 is 4.74 Å². The van der Waals surface area contributed by atoms with Crippen LogP contribution in [0.5, 0.6) is 5.75 Å². The van der Waals surface area contributed by atoms with Crippen LogP contribution in [0.3, 0.4) is 0 Å². The molecule has 1 aliphatic rings. The smallest absolute Gasteiger partial charge is 0.119 e. The van der Waals surface area contributed by atoms with Crippen molar-refractivity contribution in [2.24, 2.45) is 0 Å². The molecular formula is C13H18O2. The molecule has 0 amide bonds. The highest BCUT2D eigenvalue weighted by atomic mass is 16.5. The maximum Gasteiger partial charge on any atom is 0.119 e. The summed E-state index contributed by atoms with van der Waals surface area (Å²) < 4.78 is 5.74. The van der Waals surface area contributed by atoms with Crippen molar-refractivity contribution in [1.82, 2.24) is 0 Å². The fraction of sp³-hybridized carbons (Fsp3) is 0.538. The zero-order valence-electron chi connectivity index (χ0n) is 9.36. The minimum absolute atomic E-state index is 0.415. The predicted molar refractivity (Wildman–Crippen MR) is 60.0 cm³/mol. The fourth-order valence-corrected chi connectivity index (χ4v) is 1.62. The SMILES string of the molecule is CC(C)(O)c1ccc(OC2CCC2)cc1. The zero-order chi connectivity index (χ0) is 10.9. The largest absolute Gasteiger partial charge is 0.490 e. The average Bonchev–Trinajstić information content (AvgIpc) is 2.11. The standard InChI is InChI=1S/C13H18O2/c1-13(2,14)10-6-8-12(9-7-10)15-11-4-3-5-11/h6-9,11,14H,3-5H2,1-2H3. The van der Waals surface area contributed by atoms with Gasteiger partial charge >= 0.3 is 0 Å². The number of hydrogen-bond acceptors (Lipinski definition) is 2. The Bertz CT molecular complexity index is 317. The maximum atomic E-state index is 9.78. The van der Waals surface area contributed by atoms with Crippen molar-refractivity contribution in [3.63, 3.8) is 0 Å². The molecule has 0 radical (unpaired) electrons. The molecule has 1 fully saturated rings. The van der Waals surface area contributed by atoms with Crippen molar-refractivity contribution >= 4 is 0 Å². The van der Waals surface area contributed by atoms with Crippen LogP contribution >= 0.6 is 0 Å². The van der Waals surface area contributed by atoms with Crippen molar-refractivity contribution in [3.05, 3.63) is 29.8 Å². The van der Waals surface area contributed by atoms with Gasteiger partial charge in [0, 0.05) is 0 Å². The number of rotatable bonds is 3. The van der Waals surface area contributed by atoms with Crippen LogP contribution in [-0.2, 0) is 5.60 Å². The molecule has 1 aliphatic carbocycles. The Balaban J connectivity index is 2.03. The van der Waals surface area contributed by atoms with Crippen molar-refractivity contribution in [2.45, 2.75) is 44.8 Å². The van der Waals surface area contributed by atoms with Gasteiger partial charge in [0.1, 0.15) is 5.75 Å². The first kappa shape index (κ1) is 10.5. The van der Waals surface area contributed by atoms with Crippen LogP contribution in [0.4, 0.5) is 0 Å². The lowest BCUT2D eigenvalue weighted by molar-refractivity contribution is 0.0783. The summed E-state index contributed by atoms with van der Waals surface area (Å²) in [6.45, 7) is 3.57. The molecule has 0 saturated heterocycles. The van der Waals surface area contributed by atoms with E-state index in [1.54, 1.807) is 13.8 Å². The van der Waals surface area contributed by atoms with Crippen molar-refractivity contribution in [1.29, 1.82) is 0 Å². The molecule has 82 valence electrons. The van der Waals surface area contributed by atoms with Crippen LogP contribution in [0.25, 0.3) is 0 Å². The summed E-state index contributed by atoms with van der Waals surface area (Å²) in [7, 11) is 0. The van der Waals surface area contributed by atoms with Gasteiger partial charge in [-0.1, -0.05) is 12.1 Å². The molecule has 0 unspecified atom stereocenters. The third-order valence-electron chi connectivity index (χ3n) is 2.92.